The lowest BCUT2D eigenvalue weighted by Gasteiger charge is -2.09. The molecule has 82 valence electrons. The molecule has 1 aromatic heterocycles. The van der Waals surface area contributed by atoms with Crippen LogP contribution in [-0.2, 0) is 4.74 Å². The highest BCUT2D eigenvalue weighted by molar-refractivity contribution is 5.95. The Bertz CT molecular complexity index is 302. The Kier molecular flexibility index (Phi) is 3.53. The van der Waals surface area contributed by atoms with E-state index in [2.05, 4.69) is 10.3 Å². The smallest absolute Gasteiger partial charge is 0.204 e. The second-order valence-electron chi connectivity index (χ2n) is 3.82. The zero-order valence-corrected chi connectivity index (χ0v) is 8.66. The first-order valence-corrected chi connectivity index (χ1v) is 5.34. The van der Waals surface area contributed by atoms with Crippen molar-refractivity contribution in [2.75, 3.05) is 19.8 Å². The van der Waals surface area contributed by atoms with Crippen LogP contribution >= 0.6 is 0 Å². The van der Waals surface area contributed by atoms with Crippen molar-refractivity contribution in [3.63, 3.8) is 0 Å². The van der Waals surface area contributed by atoms with Gasteiger partial charge >= 0.3 is 0 Å². The van der Waals surface area contributed by atoms with E-state index in [0.717, 1.165) is 13.0 Å². The van der Waals surface area contributed by atoms with Gasteiger partial charge in [0.2, 0.25) is 5.78 Å². The first-order valence-electron chi connectivity index (χ1n) is 5.34. The monoisotopic (exact) mass is 208 g/mol. The molecule has 0 bridgehead atoms. The summed E-state index contributed by atoms with van der Waals surface area (Å²) in [7, 11) is 0. The average Bonchev–Trinajstić information content (AvgIpc) is 2.90. The number of carbonyl (C=O) groups excluding carboxylic acids is 1. The minimum atomic E-state index is 0.0120. The number of Topliss-reactive ketones (excluding diaryl/α,β-unsaturated/α-hetero) is 1. The topological polar surface area (TPSA) is 54.1 Å². The fraction of sp³-hybridized carbons (Fsp3) is 0.545. The number of H-pyrrole nitrogens is 1. The number of carbonyl (C=O) groups is 1. The highest BCUT2D eigenvalue weighted by Gasteiger charge is 2.14. The number of rotatable bonds is 5. The lowest BCUT2D eigenvalue weighted by molar-refractivity contribution is 0.0719. The van der Waals surface area contributed by atoms with Crippen LogP contribution in [0.25, 0.3) is 0 Å². The molecule has 1 aliphatic rings. The summed E-state index contributed by atoms with van der Waals surface area (Å²) in [5.41, 5.74) is 0.620. The zero-order chi connectivity index (χ0) is 10.5. The Labute approximate surface area is 89.0 Å². The lowest BCUT2D eigenvalue weighted by atomic mass is 10.2. The van der Waals surface area contributed by atoms with Crippen molar-refractivity contribution in [3.8, 4) is 0 Å². The first-order chi connectivity index (χ1) is 7.36. The minimum Gasteiger partial charge on any atom is -0.372 e. The molecule has 2 heterocycles. The van der Waals surface area contributed by atoms with Gasteiger partial charge in [0, 0.05) is 12.2 Å². The number of ketones is 1. The van der Waals surface area contributed by atoms with Gasteiger partial charge in [0.1, 0.15) is 6.61 Å². The molecule has 0 amide bonds. The van der Waals surface area contributed by atoms with Crippen LogP contribution in [0.5, 0.6) is 0 Å². The van der Waals surface area contributed by atoms with E-state index in [1.165, 1.54) is 6.42 Å². The summed E-state index contributed by atoms with van der Waals surface area (Å²) in [6.45, 7) is 1.86. The van der Waals surface area contributed by atoms with Gasteiger partial charge in [0.05, 0.1) is 12.3 Å². The summed E-state index contributed by atoms with van der Waals surface area (Å²) in [5.74, 6) is 0.0120. The molecule has 0 radical (unpaired) electrons. The maximum absolute atomic E-state index is 11.5. The normalized spacial score (nSPS) is 20.7. The van der Waals surface area contributed by atoms with Gasteiger partial charge in [-0.25, -0.2) is 0 Å². The summed E-state index contributed by atoms with van der Waals surface area (Å²) >= 11 is 0. The molecule has 4 heteroatoms. The number of ether oxygens (including phenoxy) is 1. The van der Waals surface area contributed by atoms with E-state index in [0.29, 0.717) is 18.3 Å². The largest absolute Gasteiger partial charge is 0.372 e. The number of nitrogens with one attached hydrogen (secondary N) is 2. The van der Waals surface area contributed by atoms with Crippen molar-refractivity contribution in [2.45, 2.75) is 18.9 Å². The molecular formula is C11H16N2O2. The van der Waals surface area contributed by atoms with Gasteiger partial charge < -0.3 is 15.0 Å². The van der Waals surface area contributed by atoms with E-state index in [1.54, 1.807) is 12.3 Å². The van der Waals surface area contributed by atoms with Crippen LogP contribution in [0, 0.1) is 0 Å². The predicted octanol–water partition coefficient (Wildman–Crippen LogP) is 0.966. The molecule has 2 N–H and O–H groups in total. The molecule has 1 atom stereocenters. The maximum atomic E-state index is 11.5. The molecule has 4 nitrogen and oxygen atoms in total. The van der Waals surface area contributed by atoms with Crippen molar-refractivity contribution >= 4 is 5.78 Å². The standard InChI is InChI=1S/C11H16N2O2/c14-11(10-4-2-6-13-10)8-15-7-9-3-1-5-12-9/h2,4,6,9,12-13H,1,3,5,7-8H2/t9-/m0/s1. The Morgan fingerprint density at radius 1 is 1.60 bits per heavy atom. The minimum absolute atomic E-state index is 0.0120. The zero-order valence-electron chi connectivity index (χ0n) is 8.66. The highest BCUT2D eigenvalue weighted by atomic mass is 16.5. The Morgan fingerprint density at radius 3 is 3.20 bits per heavy atom. The molecule has 1 saturated heterocycles. The van der Waals surface area contributed by atoms with Gasteiger partial charge in [0.15, 0.2) is 0 Å². The van der Waals surface area contributed by atoms with Gasteiger partial charge in [-0.2, -0.15) is 0 Å². The van der Waals surface area contributed by atoms with Crippen LogP contribution in [0.4, 0.5) is 0 Å². The quantitative estimate of drug-likeness (QED) is 0.709. The van der Waals surface area contributed by atoms with E-state index in [1.807, 2.05) is 6.07 Å². The Balaban J connectivity index is 1.67. The fourth-order valence-corrected chi connectivity index (χ4v) is 1.77. The van der Waals surface area contributed by atoms with Crippen molar-refractivity contribution in [1.29, 1.82) is 0 Å². The predicted molar refractivity (Wildman–Crippen MR) is 57.0 cm³/mol. The third-order valence-corrected chi connectivity index (χ3v) is 2.61. The van der Waals surface area contributed by atoms with Gasteiger partial charge in [-0.05, 0) is 31.5 Å². The average molecular weight is 208 g/mol. The van der Waals surface area contributed by atoms with Crippen LogP contribution < -0.4 is 5.32 Å². The molecule has 1 fully saturated rings. The van der Waals surface area contributed by atoms with Crippen molar-refractivity contribution in [1.82, 2.24) is 10.3 Å². The molecule has 1 aliphatic heterocycles. The van der Waals surface area contributed by atoms with E-state index in [9.17, 15) is 4.79 Å². The van der Waals surface area contributed by atoms with Crippen LogP contribution in [0.15, 0.2) is 18.3 Å². The lowest BCUT2D eigenvalue weighted by Crippen LogP contribution is -2.28. The summed E-state index contributed by atoms with van der Waals surface area (Å²) in [5, 5.41) is 3.32. The molecular weight excluding hydrogens is 192 g/mol. The van der Waals surface area contributed by atoms with Crippen molar-refractivity contribution < 1.29 is 9.53 Å². The second kappa shape index (κ2) is 5.09. The molecule has 15 heavy (non-hydrogen) atoms. The SMILES string of the molecule is O=C(COC[C@@H]1CCCN1)c1ccc[nH]1. The van der Waals surface area contributed by atoms with Crippen molar-refractivity contribution in [2.24, 2.45) is 0 Å². The summed E-state index contributed by atoms with van der Waals surface area (Å²) in [4.78, 5) is 14.4. The molecule has 0 aromatic carbocycles. The fourth-order valence-electron chi connectivity index (χ4n) is 1.77. The first kappa shape index (κ1) is 10.4. The van der Waals surface area contributed by atoms with Crippen LogP contribution in [0.1, 0.15) is 23.3 Å². The second-order valence-corrected chi connectivity index (χ2v) is 3.82. The van der Waals surface area contributed by atoms with Crippen LogP contribution in [0.3, 0.4) is 0 Å². The summed E-state index contributed by atoms with van der Waals surface area (Å²) in [6.07, 6.45) is 4.10. The Morgan fingerprint density at radius 2 is 2.53 bits per heavy atom. The highest BCUT2D eigenvalue weighted by Crippen LogP contribution is 2.05. The van der Waals surface area contributed by atoms with Gasteiger partial charge in [-0.3, -0.25) is 4.79 Å². The third kappa shape index (κ3) is 2.91. The number of aromatic nitrogens is 1. The van der Waals surface area contributed by atoms with E-state index in [4.69, 9.17) is 4.74 Å². The maximum Gasteiger partial charge on any atom is 0.204 e. The van der Waals surface area contributed by atoms with Gasteiger partial charge in [-0.1, -0.05) is 0 Å². The Hall–Kier alpha value is -1.13. The summed E-state index contributed by atoms with van der Waals surface area (Å²) in [6, 6.07) is 4.01. The molecule has 0 spiro atoms. The summed E-state index contributed by atoms with van der Waals surface area (Å²) < 4.78 is 5.37. The number of aromatic amines is 1. The molecule has 1 aromatic rings. The molecule has 2 rings (SSSR count). The van der Waals surface area contributed by atoms with Crippen LogP contribution in [-0.4, -0.2) is 36.6 Å². The van der Waals surface area contributed by atoms with E-state index < -0.39 is 0 Å². The molecule has 0 aliphatic carbocycles. The molecule has 0 unspecified atom stereocenters. The number of hydrogen-bond donors (Lipinski definition) is 2. The van der Waals surface area contributed by atoms with E-state index >= 15 is 0 Å². The van der Waals surface area contributed by atoms with Crippen LogP contribution in [0.2, 0.25) is 0 Å². The van der Waals surface area contributed by atoms with Crippen molar-refractivity contribution in [3.05, 3.63) is 24.0 Å². The third-order valence-electron chi connectivity index (χ3n) is 2.61. The number of hydrogen-bond acceptors (Lipinski definition) is 3. The van der Waals surface area contributed by atoms with Gasteiger partial charge in [0.25, 0.3) is 0 Å². The van der Waals surface area contributed by atoms with Gasteiger partial charge in [-0.15, -0.1) is 0 Å². The molecule has 0 saturated carbocycles. The van der Waals surface area contributed by atoms with E-state index in [-0.39, 0.29) is 12.4 Å².